The summed E-state index contributed by atoms with van der Waals surface area (Å²) in [7, 11) is 0. The Morgan fingerprint density at radius 2 is 1.93 bits per heavy atom. The first-order valence-corrected chi connectivity index (χ1v) is 11.4. The van der Waals surface area contributed by atoms with Gasteiger partial charge in [0.15, 0.2) is 0 Å². The van der Waals surface area contributed by atoms with Crippen LogP contribution in [0.4, 0.5) is 5.00 Å². The number of esters is 1. The van der Waals surface area contributed by atoms with Gasteiger partial charge >= 0.3 is 5.97 Å². The maximum Gasteiger partial charge on any atom is 0.341 e. The summed E-state index contributed by atoms with van der Waals surface area (Å²) in [6.45, 7) is 10.9. The smallest absolute Gasteiger partial charge is 0.341 e. The van der Waals surface area contributed by atoms with Crippen LogP contribution in [0.5, 0.6) is 0 Å². The van der Waals surface area contributed by atoms with E-state index in [1.165, 1.54) is 27.9 Å². The topological polar surface area (TPSA) is 55.4 Å². The lowest BCUT2D eigenvalue weighted by molar-refractivity contribution is -0.111. The number of fused-ring (bicyclic) bond motifs is 1. The predicted molar refractivity (Wildman–Crippen MR) is 124 cm³/mol. The van der Waals surface area contributed by atoms with Crippen LogP contribution in [0.2, 0.25) is 0 Å². The Bertz CT molecular complexity index is 948. The quantitative estimate of drug-likeness (QED) is 0.470. The van der Waals surface area contributed by atoms with E-state index in [2.05, 4.69) is 26.1 Å². The van der Waals surface area contributed by atoms with Crippen molar-refractivity contribution in [2.24, 2.45) is 11.3 Å². The van der Waals surface area contributed by atoms with Crippen LogP contribution in [-0.4, -0.2) is 18.5 Å². The lowest BCUT2D eigenvalue weighted by Gasteiger charge is -2.33. The van der Waals surface area contributed by atoms with Gasteiger partial charge in [0, 0.05) is 11.0 Å². The SMILES string of the molecule is CCOC(=O)c1c(NC(=O)/C=C/c2ccc(C)cc2)sc2c1CCC(C(C)(C)C)C2. The number of hydrogen-bond acceptors (Lipinski definition) is 4. The molecule has 1 amide bonds. The molecule has 0 aliphatic heterocycles. The Labute approximate surface area is 183 Å². The number of anilines is 1. The normalized spacial score (nSPS) is 16.4. The summed E-state index contributed by atoms with van der Waals surface area (Å²) < 4.78 is 5.31. The van der Waals surface area contributed by atoms with Crippen LogP contribution in [0.25, 0.3) is 6.08 Å². The van der Waals surface area contributed by atoms with E-state index in [1.54, 1.807) is 13.0 Å². The summed E-state index contributed by atoms with van der Waals surface area (Å²) >= 11 is 1.52. The van der Waals surface area contributed by atoms with E-state index >= 15 is 0 Å². The number of rotatable bonds is 5. The highest BCUT2D eigenvalue weighted by Crippen LogP contribution is 2.44. The Hall–Kier alpha value is -2.40. The molecule has 2 aromatic rings. The molecule has 1 heterocycles. The van der Waals surface area contributed by atoms with Gasteiger partial charge < -0.3 is 10.1 Å². The summed E-state index contributed by atoms with van der Waals surface area (Å²) in [6.07, 6.45) is 6.11. The number of nitrogens with one attached hydrogen (secondary N) is 1. The van der Waals surface area contributed by atoms with Gasteiger partial charge in [-0.25, -0.2) is 4.79 Å². The van der Waals surface area contributed by atoms with Crippen LogP contribution in [0.15, 0.2) is 30.3 Å². The maximum absolute atomic E-state index is 12.7. The van der Waals surface area contributed by atoms with Gasteiger partial charge in [-0.15, -0.1) is 11.3 Å². The minimum Gasteiger partial charge on any atom is -0.462 e. The Balaban J connectivity index is 1.84. The molecule has 0 saturated heterocycles. The minimum absolute atomic E-state index is 0.214. The first kappa shape index (κ1) is 22.3. The number of ether oxygens (including phenoxy) is 1. The molecule has 0 spiro atoms. The number of amides is 1. The highest BCUT2D eigenvalue weighted by atomic mass is 32.1. The molecule has 0 bridgehead atoms. The molecule has 1 aliphatic carbocycles. The minimum atomic E-state index is -0.345. The van der Waals surface area contributed by atoms with E-state index in [-0.39, 0.29) is 17.3 Å². The largest absolute Gasteiger partial charge is 0.462 e. The zero-order valence-corrected chi connectivity index (χ0v) is 19.3. The fraction of sp³-hybridized carbons (Fsp3) is 0.440. The third-order valence-corrected chi connectivity index (χ3v) is 6.88. The first-order valence-electron chi connectivity index (χ1n) is 10.6. The van der Waals surface area contributed by atoms with Gasteiger partial charge in [0.1, 0.15) is 5.00 Å². The zero-order valence-electron chi connectivity index (χ0n) is 18.5. The highest BCUT2D eigenvalue weighted by Gasteiger charge is 2.34. The second-order valence-electron chi connectivity index (χ2n) is 8.97. The Kier molecular flexibility index (Phi) is 6.81. The Morgan fingerprint density at radius 3 is 2.57 bits per heavy atom. The number of benzene rings is 1. The standard InChI is InChI=1S/C25H31NO3S/c1-6-29-24(28)22-19-13-12-18(25(3,4)5)15-20(19)30-23(22)26-21(27)14-11-17-9-7-16(2)8-10-17/h7-11,14,18H,6,12-13,15H2,1-5H3,(H,26,27)/b14-11+. The summed E-state index contributed by atoms with van der Waals surface area (Å²) in [6, 6.07) is 7.96. The molecule has 1 aromatic heterocycles. The highest BCUT2D eigenvalue weighted by molar-refractivity contribution is 7.17. The van der Waals surface area contributed by atoms with E-state index in [1.807, 2.05) is 31.2 Å². The van der Waals surface area contributed by atoms with Crippen molar-refractivity contribution in [2.75, 3.05) is 11.9 Å². The molecule has 5 heteroatoms. The second kappa shape index (κ2) is 9.17. The zero-order chi connectivity index (χ0) is 21.9. The number of carbonyl (C=O) groups is 2. The van der Waals surface area contributed by atoms with E-state index in [9.17, 15) is 9.59 Å². The van der Waals surface area contributed by atoms with Crippen molar-refractivity contribution in [1.29, 1.82) is 0 Å². The van der Waals surface area contributed by atoms with Crippen molar-refractivity contribution in [3.8, 4) is 0 Å². The molecule has 1 N–H and O–H groups in total. The van der Waals surface area contributed by atoms with E-state index in [4.69, 9.17) is 4.74 Å². The van der Waals surface area contributed by atoms with Gasteiger partial charge in [0.05, 0.1) is 12.2 Å². The van der Waals surface area contributed by atoms with Gasteiger partial charge in [-0.05, 0) is 61.6 Å². The van der Waals surface area contributed by atoms with Gasteiger partial charge in [-0.2, -0.15) is 0 Å². The summed E-state index contributed by atoms with van der Waals surface area (Å²) in [5.74, 6) is -0.0298. The number of aryl methyl sites for hydroxylation is 1. The number of carbonyl (C=O) groups excluding carboxylic acids is 2. The van der Waals surface area contributed by atoms with Gasteiger partial charge in [-0.1, -0.05) is 50.6 Å². The lowest BCUT2D eigenvalue weighted by Crippen LogP contribution is -2.26. The van der Waals surface area contributed by atoms with Gasteiger partial charge in [0.2, 0.25) is 5.91 Å². The molecule has 30 heavy (non-hydrogen) atoms. The second-order valence-corrected chi connectivity index (χ2v) is 10.1. The van der Waals surface area contributed by atoms with Crippen molar-refractivity contribution >= 4 is 34.3 Å². The fourth-order valence-electron chi connectivity index (χ4n) is 3.84. The molecule has 1 aromatic carbocycles. The number of hydrogen-bond donors (Lipinski definition) is 1. The molecule has 1 unspecified atom stereocenters. The maximum atomic E-state index is 12.7. The average Bonchev–Trinajstić information content (AvgIpc) is 3.04. The molecule has 4 nitrogen and oxygen atoms in total. The molecule has 0 fully saturated rings. The van der Waals surface area contributed by atoms with E-state index < -0.39 is 0 Å². The van der Waals surface area contributed by atoms with Crippen LogP contribution in [-0.2, 0) is 22.4 Å². The van der Waals surface area contributed by atoms with Crippen molar-refractivity contribution in [2.45, 2.75) is 53.9 Å². The van der Waals surface area contributed by atoms with Crippen LogP contribution >= 0.6 is 11.3 Å². The molecule has 1 atom stereocenters. The molecule has 0 radical (unpaired) electrons. The van der Waals surface area contributed by atoms with E-state index in [0.717, 1.165) is 30.4 Å². The van der Waals surface area contributed by atoms with Crippen molar-refractivity contribution < 1.29 is 14.3 Å². The van der Waals surface area contributed by atoms with Crippen molar-refractivity contribution in [1.82, 2.24) is 0 Å². The van der Waals surface area contributed by atoms with Gasteiger partial charge in [0.25, 0.3) is 0 Å². The molecule has 160 valence electrons. The van der Waals surface area contributed by atoms with Crippen molar-refractivity contribution in [3.63, 3.8) is 0 Å². The van der Waals surface area contributed by atoms with Crippen LogP contribution < -0.4 is 5.32 Å². The molecular weight excluding hydrogens is 394 g/mol. The Morgan fingerprint density at radius 1 is 1.23 bits per heavy atom. The predicted octanol–water partition coefficient (Wildman–Crippen LogP) is 6.04. The van der Waals surface area contributed by atoms with Crippen LogP contribution in [0.3, 0.4) is 0 Å². The van der Waals surface area contributed by atoms with Gasteiger partial charge in [-0.3, -0.25) is 4.79 Å². The summed E-state index contributed by atoms with van der Waals surface area (Å²) in [5.41, 5.74) is 3.94. The lowest BCUT2D eigenvalue weighted by atomic mass is 9.72. The van der Waals surface area contributed by atoms with Crippen LogP contribution in [0.1, 0.15) is 66.0 Å². The summed E-state index contributed by atoms with van der Waals surface area (Å²) in [4.78, 5) is 26.5. The fourth-order valence-corrected chi connectivity index (χ4v) is 5.15. The molecule has 3 rings (SSSR count). The number of thiophene rings is 1. The summed E-state index contributed by atoms with van der Waals surface area (Å²) in [5, 5.41) is 3.54. The van der Waals surface area contributed by atoms with Crippen LogP contribution in [0, 0.1) is 18.3 Å². The monoisotopic (exact) mass is 425 g/mol. The molecule has 0 saturated carbocycles. The molecular formula is C25H31NO3S. The van der Waals surface area contributed by atoms with E-state index in [0.29, 0.717) is 23.1 Å². The van der Waals surface area contributed by atoms with Crippen molar-refractivity contribution in [3.05, 3.63) is 57.5 Å². The third-order valence-electron chi connectivity index (χ3n) is 5.71. The first-order chi connectivity index (χ1) is 14.2. The molecule has 1 aliphatic rings. The third kappa shape index (κ3) is 5.20. The average molecular weight is 426 g/mol.